The van der Waals surface area contributed by atoms with Crippen molar-refractivity contribution in [3.05, 3.63) is 89.5 Å². The molecule has 36 heavy (non-hydrogen) atoms. The molecule has 0 saturated carbocycles. The molecule has 0 aromatic heterocycles. The van der Waals surface area contributed by atoms with E-state index in [0.717, 1.165) is 0 Å². The largest absolute Gasteiger partial charge is 0.494 e. The van der Waals surface area contributed by atoms with Gasteiger partial charge in [-0.2, -0.15) is 0 Å². The number of alkyl halides is 2. The van der Waals surface area contributed by atoms with Crippen LogP contribution >= 0.6 is 0 Å². The van der Waals surface area contributed by atoms with Crippen LogP contribution < -0.4 is 20.9 Å². The minimum Gasteiger partial charge on any atom is -0.494 e. The molecule has 3 rings (SSSR count). The fraction of sp³-hybridized carbons (Fsp3) is 0.185. The van der Waals surface area contributed by atoms with E-state index in [1.165, 1.54) is 18.2 Å². The number of ether oxygens (including phenoxy) is 3. The van der Waals surface area contributed by atoms with Gasteiger partial charge in [0, 0.05) is 23.9 Å². The van der Waals surface area contributed by atoms with Gasteiger partial charge in [0.05, 0.1) is 12.2 Å². The highest BCUT2D eigenvalue weighted by Crippen LogP contribution is 2.18. The first-order valence-electron chi connectivity index (χ1n) is 11.1. The standard InChI is InChI=1S/C27H26F2N2O5/c28-25(29)2-1-13-34-23-10-6-20(7-11-23)27(33)36-24-8-3-18(4-9-24)5-12-26(32)35-17-19-14-21(30)16-22(31)15-19/h3-12,14-16,25H,1-2,13,17,30-31H2/b12-5+. The van der Waals surface area contributed by atoms with Crippen molar-refractivity contribution < 1.29 is 32.6 Å². The Hall–Kier alpha value is -4.40. The van der Waals surface area contributed by atoms with Gasteiger partial charge in [0.2, 0.25) is 6.43 Å². The third-order valence-electron chi connectivity index (χ3n) is 4.85. The van der Waals surface area contributed by atoms with Gasteiger partial charge in [0.1, 0.15) is 18.1 Å². The molecule has 0 heterocycles. The molecular formula is C27H26F2N2O5. The first-order valence-corrected chi connectivity index (χ1v) is 11.1. The van der Waals surface area contributed by atoms with Crippen LogP contribution in [0.3, 0.4) is 0 Å². The summed E-state index contributed by atoms with van der Waals surface area (Å²) in [6, 6.07) is 17.7. The second kappa shape index (κ2) is 12.9. The molecular weight excluding hydrogens is 470 g/mol. The lowest BCUT2D eigenvalue weighted by Crippen LogP contribution is -2.08. The van der Waals surface area contributed by atoms with Gasteiger partial charge >= 0.3 is 11.9 Å². The molecule has 0 unspecified atom stereocenters. The molecule has 7 nitrogen and oxygen atoms in total. The average molecular weight is 497 g/mol. The number of rotatable bonds is 11. The van der Waals surface area contributed by atoms with Gasteiger partial charge in [0.25, 0.3) is 0 Å². The summed E-state index contributed by atoms with van der Waals surface area (Å²) in [7, 11) is 0. The number of hydrogen-bond donors (Lipinski definition) is 2. The van der Waals surface area contributed by atoms with Gasteiger partial charge in [-0.25, -0.2) is 18.4 Å². The maximum Gasteiger partial charge on any atom is 0.343 e. The summed E-state index contributed by atoms with van der Waals surface area (Å²) in [6.45, 7) is 0.211. The van der Waals surface area contributed by atoms with Crippen molar-refractivity contribution in [1.82, 2.24) is 0 Å². The van der Waals surface area contributed by atoms with Crippen molar-refractivity contribution in [2.75, 3.05) is 18.1 Å². The van der Waals surface area contributed by atoms with E-state index in [2.05, 4.69) is 0 Å². The number of anilines is 2. The zero-order valence-electron chi connectivity index (χ0n) is 19.4. The Morgan fingerprint density at radius 2 is 1.53 bits per heavy atom. The Kier molecular flexibility index (Phi) is 9.39. The molecule has 0 spiro atoms. The summed E-state index contributed by atoms with van der Waals surface area (Å²) in [5, 5.41) is 0. The first-order chi connectivity index (χ1) is 17.3. The molecule has 0 bridgehead atoms. The van der Waals surface area contributed by atoms with Crippen LogP contribution in [-0.4, -0.2) is 25.0 Å². The number of halogens is 2. The first kappa shape index (κ1) is 26.2. The molecule has 4 N–H and O–H groups in total. The van der Waals surface area contributed by atoms with E-state index in [-0.39, 0.29) is 26.1 Å². The molecule has 188 valence electrons. The number of nitrogens with two attached hydrogens (primary N) is 2. The maximum absolute atomic E-state index is 12.4. The van der Waals surface area contributed by atoms with Crippen molar-refractivity contribution in [3.63, 3.8) is 0 Å². The van der Waals surface area contributed by atoms with E-state index >= 15 is 0 Å². The lowest BCUT2D eigenvalue weighted by Gasteiger charge is -2.08. The molecule has 0 fully saturated rings. The highest BCUT2D eigenvalue weighted by Gasteiger charge is 2.09. The summed E-state index contributed by atoms with van der Waals surface area (Å²) >= 11 is 0. The zero-order valence-corrected chi connectivity index (χ0v) is 19.4. The van der Waals surface area contributed by atoms with Crippen molar-refractivity contribution in [1.29, 1.82) is 0 Å². The van der Waals surface area contributed by atoms with Gasteiger partial charge in [-0.15, -0.1) is 0 Å². The molecule has 0 atom stereocenters. The molecule has 0 amide bonds. The van der Waals surface area contributed by atoms with E-state index in [1.807, 2.05) is 0 Å². The van der Waals surface area contributed by atoms with Crippen molar-refractivity contribution in [2.24, 2.45) is 0 Å². The summed E-state index contributed by atoms with van der Waals surface area (Å²) in [5.74, 6) is -0.292. The smallest absolute Gasteiger partial charge is 0.343 e. The van der Waals surface area contributed by atoms with Gasteiger partial charge < -0.3 is 25.7 Å². The molecule has 9 heteroatoms. The molecule has 3 aromatic carbocycles. The molecule has 0 radical (unpaired) electrons. The lowest BCUT2D eigenvalue weighted by atomic mass is 10.2. The summed E-state index contributed by atoms with van der Waals surface area (Å²) in [6.07, 6.45) is 0.532. The van der Waals surface area contributed by atoms with Gasteiger partial charge in [-0.1, -0.05) is 12.1 Å². The fourth-order valence-electron chi connectivity index (χ4n) is 3.12. The third-order valence-corrected chi connectivity index (χ3v) is 4.85. The van der Waals surface area contributed by atoms with Gasteiger partial charge in [0.15, 0.2) is 0 Å². The van der Waals surface area contributed by atoms with Crippen molar-refractivity contribution >= 4 is 29.4 Å². The SMILES string of the molecule is Nc1cc(N)cc(COC(=O)/C=C/c2ccc(OC(=O)c3ccc(OCCCC(F)F)cc3)cc2)c1. The molecule has 0 saturated heterocycles. The maximum atomic E-state index is 12.4. The number of esters is 2. The molecule has 0 aliphatic rings. The third kappa shape index (κ3) is 8.75. The number of hydrogen-bond acceptors (Lipinski definition) is 7. The minimum absolute atomic E-state index is 0.0408. The van der Waals surface area contributed by atoms with Crippen LogP contribution in [0.4, 0.5) is 20.2 Å². The normalized spacial score (nSPS) is 11.0. The van der Waals surface area contributed by atoms with Crippen LogP contribution in [0, 0.1) is 0 Å². The molecule has 0 aliphatic heterocycles. The quantitative estimate of drug-likeness (QED) is 0.123. The molecule has 3 aromatic rings. The number of nitrogen functional groups attached to an aromatic ring is 2. The topological polar surface area (TPSA) is 114 Å². The number of benzene rings is 3. The fourth-order valence-corrected chi connectivity index (χ4v) is 3.12. The predicted octanol–water partition coefficient (Wildman–Crippen LogP) is 5.25. The van der Waals surface area contributed by atoms with Crippen molar-refractivity contribution in [2.45, 2.75) is 25.9 Å². The number of carbonyl (C=O) groups is 2. The van der Waals surface area contributed by atoms with Gasteiger partial charge in [-0.05, 0) is 78.2 Å². The Bertz CT molecular complexity index is 1180. The van der Waals surface area contributed by atoms with Crippen LogP contribution in [0.5, 0.6) is 11.5 Å². The summed E-state index contributed by atoms with van der Waals surface area (Å²) < 4.78 is 40.2. The van der Waals surface area contributed by atoms with Crippen molar-refractivity contribution in [3.8, 4) is 11.5 Å². The summed E-state index contributed by atoms with van der Waals surface area (Å²) in [4.78, 5) is 24.3. The van der Waals surface area contributed by atoms with Crippen LogP contribution in [-0.2, 0) is 16.1 Å². The van der Waals surface area contributed by atoms with E-state index in [1.54, 1.807) is 60.7 Å². The second-order valence-electron chi connectivity index (χ2n) is 7.81. The molecule has 0 aliphatic carbocycles. The van der Waals surface area contributed by atoms with E-state index in [0.29, 0.717) is 39.6 Å². The van der Waals surface area contributed by atoms with Gasteiger partial charge in [-0.3, -0.25) is 0 Å². The Labute approximate surface area is 207 Å². The summed E-state index contributed by atoms with van der Waals surface area (Å²) in [5.41, 5.74) is 14.1. The van der Waals surface area contributed by atoms with Crippen LogP contribution in [0.2, 0.25) is 0 Å². The van der Waals surface area contributed by atoms with Crippen LogP contribution in [0.25, 0.3) is 6.08 Å². The second-order valence-corrected chi connectivity index (χ2v) is 7.81. The Balaban J connectivity index is 1.46. The van der Waals surface area contributed by atoms with E-state index in [4.69, 9.17) is 25.7 Å². The van der Waals surface area contributed by atoms with E-state index in [9.17, 15) is 18.4 Å². The Morgan fingerprint density at radius 1 is 0.889 bits per heavy atom. The number of carbonyl (C=O) groups excluding carboxylic acids is 2. The van der Waals surface area contributed by atoms with Crippen LogP contribution in [0.1, 0.15) is 34.3 Å². The minimum atomic E-state index is -2.35. The Morgan fingerprint density at radius 3 is 2.17 bits per heavy atom. The zero-order chi connectivity index (χ0) is 25.9. The predicted molar refractivity (Wildman–Crippen MR) is 133 cm³/mol. The highest BCUT2D eigenvalue weighted by atomic mass is 19.3. The van der Waals surface area contributed by atoms with Crippen LogP contribution in [0.15, 0.2) is 72.8 Å². The monoisotopic (exact) mass is 496 g/mol. The average Bonchev–Trinajstić information content (AvgIpc) is 2.84. The lowest BCUT2D eigenvalue weighted by molar-refractivity contribution is -0.138. The highest BCUT2D eigenvalue weighted by molar-refractivity contribution is 5.91. The van der Waals surface area contributed by atoms with E-state index < -0.39 is 18.4 Å².